The number of aryl methyl sites for hydroxylation is 2. The van der Waals surface area contributed by atoms with E-state index in [0.29, 0.717) is 5.56 Å². The van der Waals surface area contributed by atoms with Gasteiger partial charge in [-0.05, 0) is 67.6 Å². The van der Waals surface area contributed by atoms with Gasteiger partial charge in [0.2, 0.25) is 10.0 Å². The maximum atomic E-state index is 12.4. The second-order valence-corrected chi connectivity index (χ2v) is 9.16. The Morgan fingerprint density at radius 2 is 1.94 bits per heavy atom. The van der Waals surface area contributed by atoms with Crippen LogP contribution in [0.4, 0.5) is 5.69 Å². The highest BCUT2D eigenvalue weighted by atomic mass is 32.2. The van der Waals surface area contributed by atoms with Crippen LogP contribution < -0.4 is 10.5 Å². The number of carbonyl (C=O) groups excluding carboxylic acids is 2. The maximum absolute atomic E-state index is 12.4. The molecule has 0 spiro atoms. The largest absolute Gasteiger partial charge is 0.464 e. The molecule has 0 saturated carbocycles. The van der Waals surface area contributed by atoms with E-state index in [1.807, 2.05) is 6.07 Å². The first-order valence-corrected chi connectivity index (χ1v) is 11.4. The molecule has 31 heavy (non-hydrogen) atoms. The van der Waals surface area contributed by atoms with Crippen molar-refractivity contribution in [1.29, 1.82) is 0 Å². The van der Waals surface area contributed by atoms with Gasteiger partial charge in [-0.1, -0.05) is 6.07 Å². The van der Waals surface area contributed by atoms with Crippen LogP contribution in [-0.2, 0) is 43.6 Å². The Bertz CT molecular complexity index is 1280. The van der Waals surface area contributed by atoms with Gasteiger partial charge in [0.1, 0.15) is 5.58 Å². The predicted molar refractivity (Wildman–Crippen MR) is 114 cm³/mol. The van der Waals surface area contributed by atoms with Gasteiger partial charge in [0.05, 0.1) is 17.6 Å². The molecule has 1 aromatic heterocycles. The summed E-state index contributed by atoms with van der Waals surface area (Å²) in [6.07, 6.45) is 3.62. The molecule has 1 heterocycles. The van der Waals surface area contributed by atoms with E-state index in [4.69, 9.17) is 14.3 Å². The zero-order valence-corrected chi connectivity index (χ0v) is 17.7. The lowest BCUT2D eigenvalue weighted by atomic mass is 10.0. The van der Waals surface area contributed by atoms with E-state index < -0.39 is 28.0 Å². The summed E-state index contributed by atoms with van der Waals surface area (Å²) >= 11 is 0. The Morgan fingerprint density at radius 1 is 1.19 bits per heavy atom. The molecule has 8 nitrogen and oxygen atoms in total. The average molecular weight is 442 g/mol. The van der Waals surface area contributed by atoms with E-state index >= 15 is 0 Å². The Kier molecular flexibility index (Phi) is 5.55. The number of benzene rings is 2. The van der Waals surface area contributed by atoms with E-state index in [0.717, 1.165) is 30.2 Å². The number of nitrogens with two attached hydrogens (primary N) is 1. The number of anilines is 1. The third-order valence-corrected chi connectivity index (χ3v) is 6.22. The molecule has 1 unspecified atom stereocenters. The molecule has 1 aliphatic rings. The zero-order chi connectivity index (χ0) is 22.2. The third-order valence-electron chi connectivity index (χ3n) is 5.31. The number of primary sulfonamides is 1. The molecule has 0 aliphatic heterocycles. The fourth-order valence-electron chi connectivity index (χ4n) is 3.73. The molecule has 1 aliphatic carbocycles. The van der Waals surface area contributed by atoms with Gasteiger partial charge in [-0.15, -0.1) is 0 Å². The molecule has 0 bridgehead atoms. The minimum atomic E-state index is -3.90. The average Bonchev–Trinajstić information content (AvgIpc) is 3.32. The monoisotopic (exact) mass is 442 g/mol. The molecule has 162 valence electrons. The van der Waals surface area contributed by atoms with Crippen molar-refractivity contribution >= 4 is 38.6 Å². The highest BCUT2D eigenvalue weighted by Crippen LogP contribution is 2.30. The lowest BCUT2D eigenvalue weighted by Gasteiger charge is -2.14. The van der Waals surface area contributed by atoms with Crippen LogP contribution in [0, 0.1) is 0 Å². The number of fused-ring (bicyclic) bond motifs is 2. The van der Waals surface area contributed by atoms with Crippen LogP contribution in [0.3, 0.4) is 0 Å². The summed E-state index contributed by atoms with van der Waals surface area (Å²) in [5.74, 6) is -1.15. The number of amides is 1. The van der Waals surface area contributed by atoms with Crippen molar-refractivity contribution in [3.8, 4) is 0 Å². The van der Waals surface area contributed by atoms with Gasteiger partial charge in [0, 0.05) is 16.6 Å². The molecule has 9 heteroatoms. The Balaban J connectivity index is 1.40. The van der Waals surface area contributed by atoms with Crippen molar-refractivity contribution in [2.45, 2.75) is 43.6 Å². The summed E-state index contributed by atoms with van der Waals surface area (Å²) in [4.78, 5) is 24.6. The molecule has 0 saturated heterocycles. The van der Waals surface area contributed by atoms with Gasteiger partial charge in [-0.3, -0.25) is 9.59 Å². The van der Waals surface area contributed by atoms with Crippen LogP contribution in [0.1, 0.15) is 30.0 Å². The SMILES string of the molecule is CC(OC(=O)Cc1coc2cc3c(cc12)CCC3)C(=O)Nc1cccc(S(N)(=O)=O)c1. The van der Waals surface area contributed by atoms with Crippen LogP contribution in [0.2, 0.25) is 0 Å². The molecule has 1 amide bonds. The maximum Gasteiger partial charge on any atom is 0.311 e. The lowest BCUT2D eigenvalue weighted by molar-refractivity contribution is -0.152. The smallest absolute Gasteiger partial charge is 0.311 e. The molecular formula is C22H22N2O6S. The number of nitrogens with one attached hydrogen (secondary N) is 1. The van der Waals surface area contributed by atoms with Crippen LogP contribution in [0.15, 0.2) is 52.0 Å². The molecule has 0 fully saturated rings. The second-order valence-electron chi connectivity index (χ2n) is 7.60. The van der Waals surface area contributed by atoms with Crippen LogP contribution in [-0.4, -0.2) is 26.4 Å². The van der Waals surface area contributed by atoms with E-state index in [1.54, 1.807) is 6.26 Å². The van der Waals surface area contributed by atoms with Crippen molar-refractivity contribution in [1.82, 2.24) is 0 Å². The van der Waals surface area contributed by atoms with Crippen molar-refractivity contribution < 1.29 is 27.2 Å². The number of furan rings is 1. The van der Waals surface area contributed by atoms with Gasteiger partial charge >= 0.3 is 5.97 Å². The standard InChI is InChI=1S/C22H22N2O6S/c1-13(22(26)24-17-6-3-7-18(11-17)31(23,27)28)30-21(25)10-16-12-29-20-9-15-5-2-4-14(15)8-19(16)20/h3,6-9,11-13H,2,4-5,10H2,1H3,(H,24,26)(H2,23,27,28). The topological polar surface area (TPSA) is 129 Å². The van der Waals surface area contributed by atoms with Crippen molar-refractivity contribution in [2.75, 3.05) is 5.32 Å². The highest BCUT2D eigenvalue weighted by Gasteiger charge is 2.21. The molecule has 3 aromatic rings. The van der Waals surface area contributed by atoms with E-state index in [9.17, 15) is 18.0 Å². The van der Waals surface area contributed by atoms with Gasteiger partial charge < -0.3 is 14.5 Å². The highest BCUT2D eigenvalue weighted by molar-refractivity contribution is 7.89. The number of carbonyl (C=O) groups is 2. The molecule has 1 atom stereocenters. The lowest BCUT2D eigenvalue weighted by Crippen LogP contribution is -2.30. The Labute approximate surface area is 179 Å². The van der Waals surface area contributed by atoms with Gasteiger partial charge in [-0.2, -0.15) is 0 Å². The van der Waals surface area contributed by atoms with Gasteiger partial charge in [0.25, 0.3) is 5.91 Å². The van der Waals surface area contributed by atoms with Crippen molar-refractivity contribution in [3.63, 3.8) is 0 Å². The fourth-order valence-corrected chi connectivity index (χ4v) is 4.29. The zero-order valence-electron chi connectivity index (χ0n) is 16.9. The van der Waals surface area contributed by atoms with E-state index in [2.05, 4.69) is 11.4 Å². The summed E-state index contributed by atoms with van der Waals surface area (Å²) < 4.78 is 33.8. The summed E-state index contributed by atoms with van der Waals surface area (Å²) in [5.41, 5.74) is 4.24. The summed E-state index contributed by atoms with van der Waals surface area (Å²) in [6, 6.07) is 9.61. The molecular weight excluding hydrogens is 420 g/mol. The number of rotatable bonds is 6. The Morgan fingerprint density at radius 3 is 2.68 bits per heavy atom. The first-order chi connectivity index (χ1) is 14.7. The molecule has 3 N–H and O–H groups in total. The van der Waals surface area contributed by atoms with E-state index in [1.165, 1.54) is 42.3 Å². The summed E-state index contributed by atoms with van der Waals surface area (Å²) in [7, 11) is -3.90. The fraction of sp³-hybridized carbons (Fsp3) is 0.273. The van der Waals surface area contributed by atoms with E-state index in [-0.39, 0.29) is 17.0 Å². The number of ether oxygens (including phenoxy) is 1. The summed E-state index contributed by atoms with van der Waals surface area (Å²) in [6.45, 7) is 1.44. The van der Waals surface area contributed by atoms with Crippen LogP contribution in [0.5, 0.6) is 0 Å². The quantitative estimate of drug-likeness (QED) is 0.565. The minimum Gasteiger partial charge on any atom is -0.464 e. The third kappa shape index (κ3) is 4.62. The predicted octanol–water partition coefficient (Wildman–Crippen LogP) is 2.68. The number of esters is 1. The number of hydrogen-bond acceptors (Lipinski definition) is 6. The van der Waals surface area contributed by atoms with Crippen molar-refractivity contribution in [3.05, 3.63) is 59.4 Å². The normalized spacial score (nSPS) is 14.3. The summed E-state index contributed by atoms with van der Waals surface area (Å²) in [5, 5.41) is 8.50. The van der Waals surface area contributed by atoms with Crippen LogP contribution >= 0.6 is 0 Å². The first kappa shape index (κ1) is 21.1. The minimum absolute atomic E-state index is 0.0235. The van der Waals surface area contributed by atoms with Gasteiger partial charge in [0.15, 0.2) is 6.10 Å². The number of sulfonamides is 1. The number of hydrogen-bond donors (Lipinski definition) is 2. The molecule has 4 rings (SSSR count). The Hall–Kier alpha value is -3.17. The second kappa shape index (κ2) is 8.16. The van der Waals surface area contributed by atoms with Crippen molar-refractivity contribution in [2.24, 2.45) is 5.14 Å². The first-order valence-electron chi connectivity index (χ1n) is 9.86. The molecule has 0 radical (unpaired) electrons. The molecule has 2 aromatic carbocycles. The van der Waals surface area contributed by atoms with Gasteiger partial charge in [-0.25, -0.2) is 13.6 Å². The van der Waals surface area contributed by atoms with Crippen LogP contribution in [0.25, 0.3) is 11.0 Å².